The highest BCUT2D eigenvalue weighted by atomic mass is 79.9. The van der Waals surface area contributed by atoms with Crippen LogP contribution in [0.5, 0.6) is 0 Å². The number of hydrogen-bond acceptors (Lipinski definition) is 4. The van der Waals surface area contributed by atoms with Crippen LogP contribution in [-0.2, 0) is 9.59 Å². The van der Waals surface area contributed by atoms with Gasteiger partial charge in [-0.2, -0.15) is 0 Å². The molecule has 0 saturated carbocycles. The molecule has 1 fully saturated rings. The molecule has 1 unspecified atom stereocenters. The lowest BCUT2D eigenvalue weighted by molar-refractivity contribution is -0.140. The molecule has 1 aliphatic rings. The summed E-state index contributed by atoms with van der Waals surface area (Å²) < 4.78 is 14.5. The molecule has 0 bridgehead atoms. The molecule has 188 valence electrons. The SMILES string of the molecule is CCCCN(CCCC)CCCN1C(=O)C(=O)/C(=C(\O)c2ccc(Br)cc2)C1c1ccc(F)cc1. The fourth-order valence-electron chi connectivity index (χ4n) is 4.43. The molecule has 1 N–H and O–H groups in total. The molecule has 2 aromatic rings. The van der Waals surface area contributed by atoms with E-state index in [-0.39, 0.29) is 11.3 Å². The average Bonchev–Trinajstić information content (AvgIpc) is 3.10. The van der Waals surface area contributed by atoms with E-state index in [9.17, 15) is 19.1 Å². The normalized spacial score (nSPS) is 17.5. The highest BCUT2D eigenvalue weighted by Crippen LogP contribution is 2.39. The van der Waals surface area contributed by atoms with Gasteiger partial charge in [0, 0.05) is 16.6 Å². The van der Waals surface area contributed by atoms with Crippen LogP contribution in [0.1, 0.15) is 63.1 Å². The van der Waals surface area contributed by atoms with Crippen molar-refractivity contribution in [1.29, 1.82) is 0 Å². The highest BCUT2D eigenvalue weighted by Gasteiger charge is 2.45. The lowest BCUT2D eigenvalue weighted by Crippen LogP contribution is -2.34. The maximum atomic E-state index is 13.7. The number of rotatable bonds is 12. The van der Waals surface area contributed by atoms with Gasteiger partial charge in [-0.1, -0.05) is 66.9 Å². The Morgan fingerprint density at radius 2 is 1.51 bits per heavy atom. The number of hydrogen-bond donors (Lipinski definition) is 1. The molecule has 3 rings (SSSR count). The Morgan fingerprint density at radius 1 is 0.943 bits per heavy atom. The summed E-state index contributed by atoms with van der Waals surface area (Å²) in [5.74, 6) is -1.97. The van der Waals surface area contributed by atoms with E-state index in [0.29, 0.717) is 24.1 Å². The Bertz CT molecular complexity index is 1030. The van der Waals surface area contributed by atoms with E-state index in [0.717, 1.165) is 49.8 Å². The number of aliphatic hydroxyl groups is 1. The molecular weight excluding hydrogens is 511 g/mol. The molecule has 1 heterocycles. The number of nitrogens with zero attached hydrogens (tertiary/aromatic N) is 2. The molecule has 5 nitrogen and oxygen atoms in total. The van der Waals surface area contributed by atoms with Gasteiger partial charge < -0.3 is 14.9 Å². The van der Waals surface area contributed by atoms with E-state index < -0.39 is 23.5 Å². The number of ketones is 1. The van der Waals surface area contributed by atoms with Crippen molar-refractivity contribution in [2.24, 2.45) is 0 Å². The first-order valence-corrected chi connectivity index (χ1v) is 13.2. The van der Waals surface area contributed by atoms with E-state index >= 15 is 0 Å². The second-order valence-corrected chi connectivity index (χ2v) is 9.87. The fourth-order valence-corrected chi connectivity index (χ4v) is 4.69. The van der Waals surface area contributed by atoms with Gasteiger partial charge in [-0.25, -0.2) is 4.39 Å². The molecule has 1 atom stereocenters. The third kappa shape index (κ3) is 6.79. The number of unbranched alkanes of at least 4 members (excludes halogenated alkanes) is 2. The first-order chi connectivity index (χ1) is 16.9. The van der Waals surface area contributed by atoms with Gasteiger partial charge in [-0.05, 0) is 68.7 Å². The summed E-state index contributed by atoms with van der Waals surface area (Å²) in [6, 6.07) is 11.9. The minimum Gasteiger partial charge on any atom is -0.507 e. The van der Waals surface area contributed by atoms with Crippen molar-refractivity contribution in [3.05, 3.63) is 75.5 Å². The van der Waals surface area contributed by atoms with Crippen molar-refractivity contribution in [2.45, 2.75) is 52.0 Å². The van der Waals surface area contributed by atoms with Crippen molar-refractivity contribution in [1.82, 2.24) is 9.80 Å². The number of halogens is 2. The summed E-state index contributed by atoms with van der Waals surface area (Å²) in [6.45, 7) is 7.57. The molecule has 2 aromatic carbocycles. The van der Waals surface area contributed by atoms with Gasteiger partial charge >= 0.3 is 0 Å². The summed E-state index contributed by atoms with van der Waals surface area (Å²) in [6.07, 6.45) is 5.19. The second kappa shape index (κ2) is 13.0. The number of benzene rings is 2. The van der Waals surface area contributed by atoms with Gasteiger partial charge in [0.05, 0.1) is 11.6 Å². The molecule has 35 heavy (non-hydrogen) atoms. The Morgan fingerprint density at radius 3 is 2.09 bits per heavy atom. The zero-order chi connectivity index (χ0) is 25.4. The number of aliphatic hydroxyl groups excluding tert-OH is 1. The third-order valence-corrected chi connectivity index (χ3v) is 6.90. The first-order valence-electron chi connectivity index (χ1n) is 12.4. The zero-order valence-corrected chi connectivity index (χ0v) is 22.1. The van der Waals surface area contributed by atoms with Crippen LogP contribution < -0.4 is 0 Å². The smallest absolute Gasteiger partial charge is 0.295 e. The van der Waals surface area contributed by atoms with E-state index in [1.165, 1.54) is 17.0 Å². The summed E-state index contributed by atoms with van der Waals surface area (Å²) >= 11 is 3.37. The molecule has 1 aliphatic heterocycles. The lowest BCUT2D eigenvalue weighted by atomic mass is 9.95. The number of carbonyl (C=O) groups excluding carboxylic acids is 2. The second-order valence-electron chi connectivity index (χ2n) is 8.95. The fraction of sp³-hybridized carbons (Fsp3) is 0.429. The van der Waals surface area contributed by atoms with Crippen LogP contribution in [0.3, 0.4) is 0 Å². The van der Waals surface area contributed by atoms with Crippen LogP contribution in [0, 0.1) is 5.82 Å². The van der Waals surface area contributed by atoms with Gasteiger partial charge in [-0.3, -0.25) is 9.59 Å². The van der Waals surface area contributed by atoms with Crippen LogP contribution in [-0.4, -0.2) is 52.8 Å². The standard InChI is InChI=1S/C28H34BrFN2O3/c1-3-5-16-31(17-6-4-2)18-7-19-32-25(20-10-14-23(30)15-11-20)24(27(34)28(32)35)26(33)21-8-12-22(29)13-9-21/h8-15,25,33H,3-7,16-19H2,1-2H3/b26-24-. The number of Topliss-reactive ketones (excluding diaryl/α,β-unsaturated/α-hetero) is 1. The van der Waals surface area contributed by atoms with E-state index in [1.54, 1.807) is 36.4 Å². The van der Waals surface area contributed by atoms with Gasteiger partial charge in [0.2, 0.25) is 0 Å². The molecule has 1 amide bonds. The predicted molar refractivity (Wildman–Crippen MR) is 140 cm³/mol. The van der Waals surface area contributed by atoms with Crippen molar-refractivity contribution in [2.75, 3.05) is 26.2 Å². The minimum atomic E-state index is -0.765. The maximum Gasteiger partial charge on any atom is 0.295 e. The van der Waals surface area contributed by atoms with Gasteiger partial charge in [0.1, 0.15) is 11.6 Å². The molecule has 1 saturated heterocycles. The lowest BCUT2D eigenvalue weighted by Gasteiger charge is -2.27. The zero-order valence-electron chi connectivity index (χ0n) is 20.5. The Hall–Kier alpha value is -2.51. The average molecular weight is 545 g/mol. The van der Waals surface area contributed by atoms with Gasteiger partial charge in [-0.15, -0.1) is 0 Å². The molecular formula is C28H34BrFN2O3. The summed E-state index contributed by atoms with van der Waals surface area (Å²) in [7, 11) is 0. The van der Waals surface area contributed by atoms with Crippen molar-refractivity contribution >= 4 is 33.4 Å². The molecule has 0 aliphatic carbocycles. The Balaban J connectivity index is 1.90. The van der Waals surface area contributed by atoms with Crippen LogP contribution in [0.25, 0.3) is 5.76 Å². The van der Waals surface area contributed by atoms with E-state index in [1.807, 2.05) is 0 Å². The van der Waals surface area contributed by atoms with E-state index in [4.69, 9.17) is 0 Å². The molecule has 0 radical (unpaired) electrons. The molecule has 0 aromatic heterocycles. The Labute approximate surface area is 215 Å². The largest absolute Gasteiger partial charge is 0.507 e. The number of likely N-dealkylation sites (tertiary alicyclic amines) is 1. The highest BCUT2D eigenvalue weighted by molar-refractivity contribution is 9.10. The number of carbonyl (C=O) groups is 2. The maximum absolute atomic E-state index is 13.7. The van der Waals surface area contributed by atoms with Crippen LogP contribution in [0.15, 0.2) is 58.6 Å². The summed E-state index contributed by atoms with van der Waals surface area (Å²) in [5.41, 5.74) is 1.08. The van der Waals surface area contributed by atoms with Crippen LogP contribution >= 0.6 is 15.9 Å². The summed E-state index contributed by atoms with van der Waals surface area (Å²) in [5, 5.41) is 11.1. The monoisotopic (exact) mass is 544 g/mol. The minimum absolute atomic E-state index is 0.0396. The van der Waals surface area contributed by atoms with Crippen molar-refractivity contribution in [3.8, 4) is 0 Å². The quantitative estimate of drug-likeness (QED) is 0.193. The van der Waals surface area contributed by atoms with E-state index in [2.05, 4.69) is 34.7 Å². The van der Waals surface area contributed by atoms with Gasteiger partial charge in [0.25, 0.3) is 11.7 Å². The van der Waals surface area contributed by atoms with Crippen molar-refractivity contribution in [3.63, 3.8) is 0 Å². The third-order valence-electron chi connectivity index (χ3n) is 6.37. The predicted octanol–water partition coefficient (Wildman–Crippen LogP) is 6.30. The number of amides is 1. The Kier molecular flexibility index (Phi) is 10.0. The van der Waals surface area contributed by atoms with Crippen molar-refractivity contribution < 1.29 is 19.1 Å². The van der Waals surface area contributed by atoms with Crippen LogP contribution in [0.4, 0.5) is 4.39 Å². The van der Waals surface area contributed by atoms with Crippen LogP contribution in [0.2, 0.25) is 0 Å². The summed E-state index contributed by atoms with van der Waals surface area (Å²) in [4.78, 5) is 30.2. The van der Waals surface area contributed by atoms with Gasteiger partial charge in [0.15, 0.2) is 0 Å². The topological polar surface area (TPSA) is 60.9 Å². The molecule has 0 spiro atoms. The first kappa shape index (κ1) is 27.1. The molecule has 7 heteroatoms.